The molecule has 3 nitrogen and oxygen atoms in total. The molecule has 0 radical (unpaired) electrons. The van der Waals surface area contributed by atoms with Crippen LogP contribution in [0.1, 0.15) is 26.2 Å². The van der Waals surface area contributed by atoms with Gasteiger partial charge >= 0.3 is 0 Å². The Morgan fingerprint density at radius 2 is 2.27 bits per heavy atom. The van der Waals surface area contributed by atoms with Gasteiger partial charge in [0.05, 0.1) is 5.75 Å². The highest BCUT2D eigenvalue weighted by atomic mass is 32.2. The Kier molecular flexibility index (Phi) is 5.43. The standard InChI is InChI=1S/C10H21NO2S2/c1-9(5-7-15(2,12)13)11-10-4-3-6-14-8-10/h9-11H,3-8H2,1-2H3. The van der Waals surface area contributed by atoms with E-state index in [1.165, 1.54) is 30.6 Å². The van der Waals surface area contributed by atoms with E-state index in [1.807, 2.05) is 11.8 Å². The first kappa shape index (κ1) is 13.3. The molecule has 0 bridgehead atoms. The van der Waals surface area contributed by atoms with Gasteiger partial charge in [0.15, 0.2) is 0 Å². The van der Waals surface area contributed by atoms with Gasteiger partial charge in [0.25, 0.3) is 0 Å². The van der Waals surface area contributed by atoms with Gasteiger partial charge in [0, 0.05) is 24.1 Å². The molecule has 0 spiro atoms. The molecule has 0 saturated carbocycles. The van der Waals surface area contributed by atoms with E-state index >= 15 is 0 Å². The average molecular weight is 251 g/mol. The lowest BCUT2D eigenvalue weighted by Crippen LogP contribution is -2.40. The van der Waals surface area contributed by atoms with E-state index < -0.39 is 9.84 Å². The van der Waals surface area contributed by atoms with E-state index in [9.17, 15) is 8.42 Å². The molecule has 0 aliphatic carbocycles. The van der Waals surface area contributed by atoms with E-state index in [0.717, 1.165) is 6.42 Å². The fraction of sp³-hybridized carbons (Fsp3) is 1.00. The maximum atomic E-state index is 11.0. The molecule has 2 unspecified atom stereocenters. The van der Waals surface area contributed by atoms with E-state index in [4.69, 9.17) is 0 Å². The predicted molar refractivity (Wildman–Crippen MR) is 67.3 cm³/mol. The molecular weight excluding hydrogens is 230 g/mol. The highest BCUT2D eigenvalue weighted by Crippen LogP contribution is 2.17. The van der Waals surface area contributed by atoms with Gasteiger partial charge in [-0.05, 0) is 31.9 Å². The van der Waals surface area contributed by atoms with Gasteiger partial charge in [0.2, 0.25) is 0 Å². The van der Waals surface area contributed by atoms with Crippen LogP contribution in [0.5, 0.6) is 0 Å². The summed E-state index contributed by atoms with van der Waals surface area (Å²) in [5.74, 6) is 2.74. The van der Waals surface area contributed by atoms with Gasteiger partial charge in [-0.1, -0.05) is 0 Å². The van der Waals surface area contributed by atoms with E-state index in [2.05, 4.69) is 12.2 Å². The zero-order chi connectivity index (χ0) is 11.3. The molecule has 0 aromatic rings. The van der Waals surface area contributed by atoms with Crippen molar-refractivity contribution in [2.45, 2.75) is 38.3 Å². The Morgan fingerprint density at radius 3 is 2.80 bits per heavy atom. The molecule has 1 heterocycles. The molecule has 1 aliphatic heterocycles. The lowest BCUT2D eigenvalue weighted by atomic mass is 10.1. The average Bonchev–Trinajstić information content (AvgIpc) is 2.15. The van der Waals surface area contributed by atoms with Gasteiger partial charge < -0.3 is 5.32 Å². The summed E-state index contributed by atoms with van der Waals surface area (Å²) in [5.41, 5.74) is 0. The number of hydrogen-bond acceptors (Lipinski definition) is 4. The second kappa shape index (κ2) is 6.11. The summed E-state index contributed by atoms with van der Waals surface area (Å²) < 4.78 is 22.0. The van der Waals surface area contributed by atoms with E-state index in [0.29, 0.717) is 17.8 Å². The van der Waals surface area contributed by atoms with Crippen LogP contribution in [0.3, 0.4) is 0 Å². The van der Waals surface area contributed by atoms with Gasteiger partial charge in [-0.3, -0.25) is 0 Å². The molecule has 5 heteroatoms. The molecule has 2 atom stereocenters. The van der Waals surface area contributed by atoms with Gasteiger partial charge in [0.1, 0.15) is 9.84 Å². The van der Waals surface area contributed by atoms with Crippen LogP contribution < -0.4 is 5.32 Å². The van der Waals surface area contributed by atoms with Crippen LogP contribution in [0.2, 0.25) is 0 Å². The quantitative estimate of drug-likeness (QED) is 0.800. The third-order valence-electron chi connectivity index (χ3n) is 2.60. The molecule has 1 rings (SSSR count). The zero-order valence-electron chi connectivity index (χ0n) is 9.53. The second-order valence-corrected chi connectivity index (χ2v) is 7.81. The van der Waals surface area contributed by atoms with Crippen molar-refractivity contribution < 1.29 is 8.42 Å². The molecule has 1 aliphatic rings. The third kappa shape index (κ3) is 6.43. The number of rotatable bonds is 5. The fourth-order valence-electron chi connectivity index (χ4n) is 1.75. The van der Waals surface area contributed by atoms with Gasteiger partial charge in [-0.2, -0.15) is 11.8 Å². The highest BCUT2D eigenvalue weighted by molar-refractivity contribution is 7.99. The molecule has 1 N–H and O–H groups in total. The molecule has 90 valence electrons. The van der Waals surface area contributed by atoms with Crippen LogP contribution >= 0.6 is 11.8 Å². The molecule has 0 aromatic carbocycles. The topological polar surface area (TPSA) is 46.2 Å². The number of hydrogen-bond donors (Lipinski definition) is 1. The van der Waals surface area contributed by atoms with Crippen molar-refractivity contribution in [1.82, 2.24) is 5.32 Å². The van der Waals surface area contributed by atoms with Crippen molar-refractivity contribution in [1.29, 1.82) is 0 Å². The molecule has 0 amide bonds. The first-order valence-corrected chi connectivity index (χ1v) is 8.70. The Balaban J connectivity index is 2.20. The lowest BCUT2D eigenvalue weighted by Gasteiger charge is -2.26. The molecule has 0 aromatic heterocycles. The van der Waals surface area contributed by atoms with Crippen LogP contribution in [0.4, 0.5) is 0 Å². The second-order valence-electron chi connectivity index (χ2n) is 4.40. The molecule has 1 fully saturated rings. The summed E-state index contributed by atoms with van der Waals surface area (Å²) in [6.45, 7) is 2.07. The number of nitrogens with one attached hydrogen (secondary N) is 1. The maximum absolute atomic E-state index is 11.0. The highest BCUT2D eigenvalue weighted by Gasteiger charge is 2.16. The first-order valence-electron chi connectivity index (χ1n) is 5.49. The molecular formula is C10H21NO2S2. The molecule has 1 saturated heterocycles. The minimum absolute atomic E-state index is 0.293. The fourth-order valence-corrected chi connectivity index (χ4v) is 3.62. The van der Waals surface area contributed by atoms with Gasteiger partial charge in [-0.15, -0.1) is 0 Å². The number of sulfone groups is 1. The van der Waals surface area contributed by atoms with E-state index in [-0.39, 0.29) is 0 Å². The Hall–Kier alpha value is 0.260. The van der Waals surface area contributed by atoms with Crippen molar-refractivity contribution in [2.24, 2.45) is 0 Å². The van der Waals surface area contributed by atoms with Crippen LogP contribution in [0.25, 0.3) is 0 Å². The Morgan fingerprint density at radius 1 is 1.53 bits per heavy atom. The smallest absolute Gasteiger partial charge is 0.147 e. The van der Waals surface area contributed by atoms with Crippen LogP contribution in [-0.2, 0) is 9.84 Å². The normalized spacial score (nSPS) is 25.1. The summed E-state index contributed by atoms with van der Waals surface area (Å²) in [5, 5.41) is 3.51. The molecule has 15 heavy (non-hydrogen) atoms. The first-order chi connectivity index (χ1) is 6.97. The van der Waals surface area contributed by atoms with Crippen molar-refractivity contribution in [3.8, 4) is 0 Å². The monoisotopic (exact) mass is 251 g/mol. The maximum Gasteiger partial charge on any atom is 0.147 e. The summed E-state index contributed by atoms with van der Waals surface area (Å²) >= 11 is 1.99. The van der Waals surface area contributed by atoms with Crippen LogP contribution in [-0.4, -0.2) is 44.0 Å². The largest absolute Gasteiger partial charge is 0.311 e. The van der Waals surface area contributed by atoms with Crippen molar-refractivity contribution >= 4 is 21.6 Å². The minimum Gasteiger partial charge on any atom is -0.311 e. The van der Waals surface area contributed by atoms with E-state index in [1.54, 1.807) is 0 Å². The minimum atomic E-state index is -2.81. The lowest BCUT2D eigenvalue weighted by molar-refractivity contribution is 0.435. The number of thioether (sulfide) groups is 1. The van der Waals surface area contributed by atoms with Crippen molar-refractivity contribution in [2.75, 3.05) is 23.5 Å². The zero-order valence-corrected chi connectivity index (χ0v) is 11.2. The predicted octanol–water partition coefficient (Wildman–Crippen LogP) is 1.29. The summed E-state index contributed by atoms with van der Waals surface area (Å²) in [7, 11) is -2.81. The summed E-state index contributed by atoms with van der Waals surface area (Å²) in [4.78, 5) is 0. The van der Waals surface area contributed by atoms with Gasteiger partial charge in [-0.25, -0.2) is 8.42 Å². The summed E-state index contributed by atoms with van der Waals surface area (Å²) in [6.07, 6.45) is 4.54. The van der Waals surface area contributed by atoms with Crippen LogP contribution in [0.15, 0.2) is 0 Å². The van der Waals surface area contributed by atoms with Crippen molar-refractivity contribution in [3.63, 3.8) is 0 Å². The summed E-state index contributed by atoms with van der Waals surface area (Å²) in [6, 6.07) is 0.890. The Labute approximate surface area is 97.3 Å². The Bertz CT molecular complexity index is 271. The SMILES string of the molecule is CC(CCS(C)(=O)=O)NC1CCCSC1. The third-order valence-corrected chi connectivity index (χ3v) is 4.79. The van der Waals surface area contributed by atoms with Crippen molar-refractivity contribution in [3.05, 3.63) is 0 Å². The van der Waals surface area contributed by atoms with Crippen LogP contribution in [0, 0.1) is 0 Å².